The Morgan fingerprint density at radius 1 is 0.432 bits per heavy atom. The molecule has 0 saturated heterocycles. The van der Waals surface area contributed by atoms with E-state index in [1.165, 1.54) is 0 Å². The topological polar surface area (TPSA) is 90.2 Å². The Morgan fingerprint density at radius 3 is 1.22 bits per heavy atom. The molecule has 0 aliphatic rings. The van der Waals surface area contributed by atoms with Gasteiger partial charge in [0.25, 0.3) is 0 Å². The molecule has 6 rings (SSSR count). The molecule has 180 valence electrons. The van der Waals surface area contributed by atoms with Gasteiger partial charge in [-0.15, -0.1) is 0 Å². The maximum Gasteiger partial charge on any atom is 0.177 e. The summed E-state index contributed by atoms with van der Waals surface area (Å²) < 4.78 is 6.44. The molecular weight excluding hydrogens is 464 g/mol. The largest absolute Gasteiger partial charge is 0.508 e. The number of fused-ring (bicyclic) bond motifs is 2. The minimum atomic E-state index is -0.0806. The lowest BCUT2D eigenvalue weighted by atomic mass is 9.97. The highest BCUT2D eigenvalue weighted by Gasteiger charge is 2.21. The fraction of sp³-hybridized carbons (Fsp3) is 0. The van der Waals surface area contributed by atoms with Crippen LogP contribution in [0.3, 0.4) is 0 Å². The number of phenolic OH excluding ortho intramolecular Hbond substituents is 4. The summed E-state index contributed by atoms with van der Waals surface area (Å²) >= 11 is 0. The molecule has 4 N–H and O–H groups in total. The zero-order valence-electron chi connectivity index (χ0n) is 19.6. The van der Waals surface area contributed by atoms with Crippen LogP contribution < -0.4 is 4.74 Å². The first-order chi connectivity index (χ1) is 18.0. The summed E-state index contributed by atoms with van der Waals surface area (Å²) in [5.74, 6) is 0.519. The van der Waals surface area contributed by atoms with E-state index in [0.29, 0.717) is 33.0 Å². The minimum Gasteiger partial charge on any atom is -0.508 e. The molecule has 0 atom stereocenters. The zero-order valence-corrected chi connectivity index (χ0v) is 19.6. The molecule has 0 aliphatic carbocycles. The van der Waals surface area contributed by atoms with Gasteiger partial charge in [0.15, 0.2) is 23.0 Å². The van der Waals surface area contributed by atoms with Crippen molar-refractivity contribution in [3.05, 3.63) is 109 Å². The lowest BCUT2D eigenvalue weighted by Gasteiger charge is -2.18. The van der Waals surface area contributed by atoms with Gasteiger partial charge in [0.2, 0.25) is 0 Å². The average Bonchev–Trinajstić information content (AvgIpc) is 2.92. The van der Waals surface area contributed by atoms with Crippen LogP contribution in [0.1, 0.15) is 0 Å². The number of benzene rings is 6. The van der Waals surface area contributed by atoms with Gasteiger partial charge in [-0.3, -0.25) is 0 Å². The van der Waals surface area contributed by atoms with Gasteiger partial charge in [-0.25, -0.2) is 0 Å². The van der Waals surface area contributed by atoms with Gasteiger partial charge in [0.1, 0.15) is 11.5 Å². The first-order valence-corrected chi connectivity index (χ1v) is 11.8. The molecule has 0 saturated carbocycles. The van der Waals surface area contributed by atoms with Gasteiger partial charge < -0.3 is 25.2 Å². The summed E-state index contributed by atoms with van der Waals surface area (Å²) in [5, 5.41) is 45.4. The molecule has 0 radical (unpaired) electrons. The highest BCUT2D eigenvalue weighted by atomic mass is 16.5. The number of hydrogen-bond acceptors (Lipinski definition) is 5. The Kier molecular flexibility index (Phi) is 5.31. The highest BCUT2D eigenvalue weighted by Crippen LogP contribution is 2.50. The third kappa shape index (κ3) is 3.93. The Balaban J connectivity index is 1.60. The van der Waals surface area contributed by atoms with E-state index < -0.39 is 0 Å². The number of rotatable bonds is 4. The van der Waals surface area contributed by atoms with Crippen LogP contribution in [0.25, 0.3) is 43.8 Å². The second-order valence-electron chi connectivity index (χ2n) is 8.84. The van der Waals surface area contributed by atoms with Crippen LogP contribution in [-0.2, 0) is 0 Å². The highest BCUT2D eigenvalue weighted by molar-refractivity contribution is 6.00. The maximum absolute atomic E-state index is 11.5. The molecule has 0 aliphatic heterocycles. The fourth-order valence-electron chi connectivity index (χ4n) is 4.64. The molecule has 0 heterocycles. The molecule has 0 aromatic heterocycles. The second-order valence-corrected chi connectivity index (χ2v) is 8.84. The number of aromatic hydroxyl groups is 4. The number of ether oxygens (including phenoxy) is 1. The van der Waals surface area contributed by atoms with E-state index in [4.69, 9.17) is 4.74 Å². The monoisotopic (exact) mass is 486 g/mol. The van der Waals surface area contributed by atoms with Crippen LogP contribution in [0.5, 0.6) is 34.5 Å². The lowest BCUT2D eigenvalue weighted by Crippen LogP contribution is -1.93. The maximum atomic E-state index is 11.5. The number of hydrogen-bond donors (Lipinski definition) is 4. The molecule has 0 unspecified atom stereocenters. The minimum absolute atomic E-state index is 0.0806. The van der Waals surface area contributed by atoms with E-state index in [2.05, 4.69) is 0 Å². The van der Waals surface area contributed by atoms with Gasteiger partial charge in [-0.1, -0.05) is 72.8 Å². The SMILES string of the molecule is Oc1ccc(-c2cc3ccccc3c(Oc3c(O)c(-c4ccc(O)cc4)cc4ccccc34)c2O)cc1. The Hall–Kier alpha value is -5.16. The van der Waals surface area contributed by atoms with Gasteiger partial charge >= 0.3 is 0 Å². The first-order valence-electron chi connectivity index (χ1n) is 11.8. The summed E-state index contributed by atoms with van der Waals surface area (Å²) in [6.45, 7) is 0. The normalized spacial score (nSPS) is 11.1. The molecule has 0 bridgehead atoms. The van der Waals surface area contributed by atoms with Gasteiger partial charge in [-0.05, 0) is 58.3 Å². The summed E-state index contributed by atoms with van der Waals surface area (Å²) in [5.41, 5.74) is 2.48. The Morgan fingerprint density at radius 2 is 0.811 bits per heavy atom. The van der Waals surface area contributed by atoms with E-state index in [-0.39, 0.29) is 34.5 Å². The van der Waals surface area contributed by atoms with E-state index in [9.17, 15) is 20.4 Å². The van der Waals surface area contributed by atoms with Crippen molar-refractivity contribution in [2.24, 2.45) is 0 Å². The lowest BCUT2D eigenvalue weighted by molar-refractivity contribution is 0.393. The van der Waals surface area contributed by atoms with E-state index in [1.807, 2.05) is 60.7 Å². The molecule has 5 heteroatoms. The van der Waals surface area contributed by atoms with Crippen molar-refractivity contribution in [3.63, 3.8) is 0 Å². The van der Waals surface area contributed by atoms with Crippen molar-refractivity contribution >= 4 is 21.5 Å². The average molecular weight is 487 g/mol. The summed E-state index contributed by atoms with van der Waals surface area (Å²) in [6.07, 6.45) is 0. The Labute approximate surface area is 212 Å². The van der Waals surface area contributed by atoms with Crippen molar-refractivity contribution in [3.8, 4) is 56.8 Å². The van der Waals surface area contributed by atoms with E-state index >= 15 is 0 Å². The predicted molar refractivity (Wildman–Crippen MR) is 146 cm³/mol. The zero-order chi connectivity index (χ0) is 25.5. The molecule has 0 fully saturated rings. The van der Waals surface area contributed by atoms with E-state index in [1.54, 1.807) is 48.5 Å². The van der Waals surface area contributed by atoms with Crippen molar-refractivity contribution in [1.29, 1.82) is 0 Å². The second kappa shape index (κ2) is 8.81. The molecule has 5 nitrogen and oxygen atoms in total. The molecule has 6 aromatic carbocycles. The molecule has 0 amide bonds. The summed E-state index contributed by atoms with van der Waals surface area (Å²) in [6, 6.07) is 32.0. The molecule has 6 aromatic rings. The first kappa shape index (κ1) is 22.3. The molecule has 37 heavy (non-hydrogen) atoms. The molecular formula is C32H22O5. The van der Waals surface area contributed by atoms with Gasteiger partial charge in [0.05, 0.1) is 0 Å². The van der Waals surface area contributed by atoms with Crippen molar-refractivity contribution in [1.82, 2.24) is 0 Å². The van der Waals surface area contributed by atoms with Crippen LogP contribution in [0.15, 0.2) is 109 Å². The third-order valence-corrected chi connectivity index (χ3v) is 6.51. The summed E-state index contributed by atoms with van der Waals surface area (Å²) in [4.78, 5) is 0. The van der Waals surface area contributed by atoms with Crippen molar-refractivity contribution in [2.45, 2.75) is 0 Å². The van der Waals surface area contributed by atoms with Crippen LogP contribution in [-0.4, -0.2) is 20.4 Å². The fourth-order valence-corrected chi connectivity index (χ4v) is 4.64. The standard InChI is InChI=1S/C32H22O5/c33-23-13-9-19(10-14-23)27-17-21-5-1-3-7-25(21)31(29(27)35)37-32-26-8-4-2-6-22(26)18-28(30(32)36)20-11-15-24(34)16-12-20/h1-18,33-36H. The summed E-state index contributed by atoms with van der Waals surface area (Å²) in [7, 11) is 0. The van der Waals surface area contributed by atoms with Gasteiger partial charge in [-0.2, -0.15) is 0 Å². The molecule has 0 spiro atoms. The van der Waals surface area contributed by atoms with Crippen molar-refractivity contribution in [2.75, 3.05) is 0 Å². The smallest absolute Gasteiger partial charge is 0.177 e. The van der Waals surface area contributed by atoms with Crippen LogP contribution in [0.2, 0.25) is 0 Å². The Bertz CT molecular complexity index is 1640. The predicted octanol–water partition coefficient (Wildman–Crippen LogP) is 7.94. The number of phenols is 4. The third-order valence-electron chi connectivity index (χ3n) is 6.51. The van der Waals surface area contributed by atoms with Crippen LogP contribution in [0, 0.1) is 0 Å². The van der Waals surface area contributed by atoms with E-state index in [0.717, 1.165) is 10.8 Å². The van der Waals surface area contributed by atoms with Gasteiger partial charge in [0, 0.05) is 21.9 Å². The van der Waals surface area contributed by atoms with Crippen molar-refractivity contribution < 1.29 is 25.2 Å². The quantitative estimate of drug-likeness (QED) is 0.203. The van der Waals surface area contributed by atoms with Crippen LogP contribution in [0.4, 0.5) is 0 Å². The van der Waals surface area contributed by atoms with Crippen LogP contribution >= 0.6 is 0 Å².